The quantitative estimate of drug-likeness (QED) is 0.746. The van der Waals surface area contributed by atoms with Gasteiger partial charge in [0.05, 0.1) is 0 Å². The van der Waals surface area contributed by atoms with E-state index in [1.807, 2.05) is 0 Å². The first-order chi connectivity index (χ1) is 7.79. The Morgan fingerprint density at radius 3 is 2.62 bits per heavy atom. The number of likely N-dealkylation sites (N-methyl/N-ethyl adjacent to an activating group) is 1. The van der Waals surface area contributed by atoms with E-state index >= 15 is 0 Å². The molecule has 0 heterocycles. The minimum Gasteiger partial charge on any atom is -0.313 e. The molecule has 0 spiro atoms. The summed E-state index contributed by atoms with van der Waals surface area (Å²) in [5.74, 6) is 2.18. The monoisotopic (exact) mass is 224 g/mol. The van der Waals surface area contributed by atoms with Crippen LogP contribution in [-0.4, -0.2) is 37.6 Å². The van der Waals surface area contributed by atoms with Crippen LogP contribution < -0.4 is 5.32 Å². The lowest BCUT2D eigenvalue weighted by atomic mass is 9.83. The smallest absolute Gasteiger partial charge is 0.0104 e. The fourth-order valence-corrected chi connectivity index (χ4v) is 3.03. The molecule has 0 aliphatic heterocycles. The summed E-state index contributed by atoms with van der Waals surface area (Å²) < 4.78 is 0. The molecule has 2 heteroatoms. The van der Waals surface area contributed by atoms with Gasteiger partial charge in [-0.2, -0.15) is 0 Å². The molecule has 0 aromatic heterocycles. The zero-order valence-corrected chi connectivity index (χ0v) is 11.0. The van der Waals surface area contributed by atoms with E-state index in [1.165, 1.54) is 51.6 Å². The van der Waals surface area contributed by atoms with Crippen molar-refractivity contribution in [3.8, 4) is 0 Å². The summed E-state index contributed by atoms with van der Waals surface area (Å²) in [5.41, 5.74) is 0. The normalized spacial score (nSPS) is 30.9. The molecule has 0 bridgehead atoms. The van der Waals surface area contributed by atoms with Crippen LogP contribution in [-0.2, 0) is 0 Å². The summed E-state index contributed by atoms with van der Waals surface area (Å²) in [4.78, 5) is 2.38. The van der Waals surface area contributed by atoms with Crippen molar-refractivity contribution in [2.75, 3.05) is 26.7 Å². The fourth-order valence-electron chi connectivity index (χ4n) is 3.03. The minimum atomic E-state index is 0.824. The first kappa shape index (κ1) is 12.4. The Kier molecular flexibility index (Phi) is 4.66. The molecule has 16 heavy (non-hydrogen) atoms. The van der Waals surface area contributed by atoms with Gasteiger partial charge in [0.1, 0.15) is 0 Å². The summed E-state index contributed by atoms with van der Waals surface area (Å²) in [5, 5.41) is 3.76. The zero-order chi connectivity index (χ0) is 11.4. The summed E-state index contributed by atoms with van der Waals surface area (Å²) in [6.07, 6.45) is 8.89. The molecule has 1 N–H and O–H groups in total. The van der Waals surface area contributed by atoms with Gasteiger partial charge in [-0.15, -0.1) is 0 Å². The second-order valence-corrected chi connectivity index (χ2v) is 5.81. The van der Waals surface area contributed by atoms with E-state index in [9.17, 15) is 0 Å². The lowest BCUT2D eigenvalue weighted by Gasteiger charge is -2.30. The highest BCUT2D eigenvalue weighted by atomic mass is 15.1. The molecule has 2 atom stereocenters. The fraction of sp³-hybridized carbons (Fsp3) is 1.00. The number of nitrogens with one attached hydrogen (secondary N) is 1. The van der Waals surface area contributed by atoms with Crippen LogP contribution in [0.4, 0.5) is 0 Å². The van der Waals surface area contributed by atoms with E-state index in [-0.39, 0.29) is 0 Å². The zero-order valence-electron chi connectivity index (χ0n) is 11.0. The summed E-state index contributed by atoms with van der Waals surface area (Å²) in [6.45, 7) is 5.76. The molecule has 2 nitrogen and oxygen atoms in total. The van der Waals surface area contributed by atoms with Crippen LogP contribution in [0, 0.1) is 11.8 Å². The van der Waals surface area contributed by atoms with Gasteiger partial charge in [-0.05, 0) is 51.1 Å². The third-order valence-electron chi connectivity index (χ3n) is 4.47. The predicted octanol–water partition coefficient (Wildman–Crippen LogP) is 2.50. The van der Waals surface area contributed by atoms with Gasteiger partial charge in [0.25, 0.3) is 0 Å². The molecule has 2 aliphatic carbocycles. The molecule has 0 radical (unpaired) electrons. The molecule has 0 aromatic carbocycles. The number of hydrogen-bond acceptors (Lipinski definition) is 2. The van der Waals surface area contributed by atoms with Crippen LogP contribution in [0.25, 0.3) is 0 Å². The van der Waals surface area contributed by atoms with Crippen molar-refractivity contribution in [1.29, 1.82) is 0 Å². The van der Waals surface area contributed by atoms with Crippen LogP contribution in [0.3, 0.4) is 0 Å². The van der Waals surface area contributed by atoms with Crippen molar-refractivity contribution in [3.63, 3.8) is 0 Å². The van der Waals surface area contributed by atoms with Crippen molar-refractivity contribution in [2.45, 2.75) is 51.5 Å². The van der Waals surface area contributed by atoms with E-state index < -0.39 is 0 Å². The average molecular weight is 224 g/mol. The maximum Gasteiger partial charge on any atom is 0.0104 e. The standard InChI is InChI=1S/C14H28N2/c1-3-16(2)10-9-15-14-6-4-5-13(11-14)12-7-8-12/h12-15H,3-11H2,1-2H3. The Bertz CT molecular complexity index is 201. The Balaban J connectivity index is 1.61. The van der Waals surface area contributed by atoms with Crippen LogP contribution in [0.15, 0.2) is 0 Å². The molecule has 2 unspecified atom stereocenters. The average Bonchev–Trinajstić information content (AvgIpc) is 3.13. The Morgan fingerprint density at radius 1 is 1.12 bits per heavy atom. The van der Waals surface area contributed by atoms with Crippen LogP contribution >= 0.6 is 0 Å². The van der Waals surface area contributed by atoms with Gasteiger partial charge in [0.15, 0.2) is 0 Å². The number of nitrogens with zero attached hydrogens (tertiary/aromatic N) is 1. The Labute approximate surface area is 101 Å². The van der Waals surface area contributed by atoms with Crippen LogP contribution in [0.2, 0.25) is 0 Å². The molecule has 2 fully saturated rings. The number of hydrogen-bond donors (Lipinski definition) is 1. The lowest BCUT2D eigenvalue weighted by molar-refractivity contribution is 0.251. The van der Waals surface area contributed by atoms with E-state index in [4.69, 9.17) is 0 Å². The van der Waals surface area contributed by atoms with Crippen LogP contribution in [0.5, 0.6) is 0 Å². The predicted molar refractivity (Wildman–Crippen MR) is 69.6 cm³/mol. The lowest BCUT2D eigenvalue weighted by Crippen LogP contribution is -2.39. The molecule has 2 saturated carbocycles. The molecule has 0 saturated heterocycles. The first-order valence-electron chi connectivity index (χ1n) is 7.21. The first-order valence-corrected chi connectivity index (χ1v) is 7.21. The molecular weight excluding hydrogens is 196 g/mol. The van der Waals surface area contributed by atoms with Gasteiger partial charge in [-0.3, -0.25) is 0 Å². The Morgan fingerprint density at radius 2 is 1.94 bits per heavy atom. The van der Waals surface area contributed by atoms with Gasteiger partial charge < -0.3 is 10.2 Å². The molecule has 0 aromatic rings. The highest BCUT2D eigenvalue weighted by molar-refractivity contribution is 4.87. The van der Waals surface area contributed by atoms with E-state index in [1.54, 1.807) is 0 Å². The Hall–Kier alpha value is -0.0800. The molecular formula is C14H28N2. The molecule has 0 amide bonds. The third kappa shape index (κ3) is 3.74. The van der Waals surface area contributed by atoms with Crippen molar-refractivity contribution in [1.82, 2.24) is 10.2 Å². The van der Waals surface area contributed by atoms with Crippen molar-refractivity contribution in [3.05, 3.63) is 0 Å². The maximum atomic E-state index is 3.76. The molecule has 2 aliphatic rings. The second-order valence-electron chi connectivity index (χ2n) is 5.81. The summed E-state index contributed by atoms with van der Waals surface area (Å²) >= 11 is 0. The van der Waals surface area contributed by atoms with Crippen molar-refractivity contribution < 1.29 is 0 Å². The molecule has 2 rings (SSSR count). The van der Waals surface area contributed by atoms with Gasteiger partial charge in [0, 0.05) is 19.1 Å². The summed E-state index contributed by atoms with van der Waals surface area (Å²) in [7, 11) is 2.20. The van der Waals surface area contributed by atoms with Crippen molar-refractivity contribution in [2.24, 2.45) is 11.8 Å². The highest BCUT2D eigenvalue weighted by Crippen LogP contribution is 2.43. The summed E-state index contributed by atoms with van der Waals surface area (Å²) in [6, 6.07) is 0.824. The highest BCUT2D eigenvalue weighted by Gasteiger charge is 2.34. The maximum absolute atomic E-state index is 3.76. The minimum absolute atomic E-state index is 0.824. The number of rotatable bonds is 6. The topological polar surface area (TPSA) is 15.3 Å². The van der Waals surface area contributed by atoms with Gasteiger partial charge >= 0.3 is 0 Å². The van der Waals surface area contributed by atoms with Gasteiger partial charge in [0.2, 0.25) is 0 Å². The van der Waals surface area contributed by atoms with E-state index in [2.05, 4.69) is 24.2 Å². The molecule has 94 valence electrons. The van der Waals surface area contributed by atoms with Gasteiger partial charge in [-0.1, -0.05) is 19.8 Å². The second kappa shape index (κ2) is 6.02. The van der Waals surface area contributed by atoms with Crippen LogP contribution in [0.1, 0.15) is 45.4 Å². The SMILES string of the molecule is CCN(C)CCNC1CCCC(C2CC2)C1. The van der Waals surface area contributed by atoms with Gasteiger partial charge in [-0.25, -0.2) is 0 Å². The van der Waals surface area contributed by atoms with E-state index in [0.717, 1.165) is 24.4 Å². The largest absolute Gasteiger partial charge is 0.313 e. The van der Waals surface area contributed by atoms with E-state index in [0.29, 0.717) is 0 Å². The van der Waals surface area contributed by atoms with Crippen molar-refractivity contribution >= 4 is 0 Å². The third-order valence-corrected chi connectivity index (χ3v) is 4.47.